The molecule has 0 radical (unpaired) electrons. The van der Waals surface area contributed by atoms with E-state index in [0.717, 1.165) is 26.2 Å². The summed E-state index contributed by atoms with van der Waals surface area (Å²) in [5.74, 6) is 0.229. The van der Waals surface area contributed by atoms with Crippen LogP contribution < -0.4 is 5.32 Å². The van der Waals surface area contributed by atoms with Crippen LogP contribution in [0.1, 0.15) is 0 Å². The lowest BCUT2D eigenvalue weighted by atomic mass is 10.4. The molecule has 17 heavy (non-hydrogen) atoms. The first kappa shape index (κ1) is 13.2. The van der Waals surface area contributed by atoms with Crippen LogP contribution in [0.5, 0.6) is 0 Å². The molecule has 0 unspecified atom stereocenters. The molecule has 0 aliphatic carbocycles. The molecule has 1 N–H and O–H groups in total. The minimum absolute atomic E-state index is 0.229. The first-order chi connectivity index (χ1) is 8.18. The fourth-order valence-corrected chi connectivity index (χ4v) is 3.59. The van der Waals surface area contributed by atoms with Gasteiger partial charge in [0.2, 0.25) is 10.0 Å². The number of piperazine rings is 1. The van der Waals surface area contributed by atoms with E-state index in [1.807, 2.05) is 0 Å². The second kappa shape index (κ2) is 6.10. The smallest absolute Gasteiger partial charge is 0.215 e. The Labute approximate surface area is 103 Å². The normalized spacial score (nSPS) is 24.9. The summed E-state index contributed by atoms with van der Waals surface area (Å²) in [6.45, 7) is 6.49. The number of morpholine rings is 1. The van der Waals surface area contributed by atoms with Crippen LogP contribution in [0.3, 0.4) is 0 Å². The first-order valence-corrected chi connectivity index (χ1v) is 7.78. The van der Waals surface area contributed by atoms with Crippen LogP contribution in [-0.4, -0.2) is 82.4 Å². The molecule has 0 spiro atoms. The van der Waals surface area contributed by atoms with Crippen LogP contribution in [0.4, 0.5) is 0 Å². The number of ether oxygens (including phenoxy) is 1. The third kappa shape index (κ3) is 3.89. The summed E-state index contributed by atoms with van der Waals surface area (Å²) in [7, 11) is -3.09. The highest BCUT2D eigenvalue weighted by atomic mass is 32.2. The molecule has 2 saturated heterocycles. The molecule has 6 nitrogen and oxygen atoms in total. The topological polar surface area (TPSA) is 61.9 Å². The standard InChI is InChI=1S/C10H21N3O3S/c14-17(15,13-5-8-16-9-6-13)10-7-12-3-1-11-2-4-12/h11H,1-10H2. The maximum atomic E-state index is 12.1. The molecule has 2 rings (SSSR count). The molecule has 7 heteroatoms. The zero-order chi connectivity index (χ0) is 12.1. The van der Waals surface area contributed by atoms with E-state index in [2.05, 4.69) is 10.2 Å². The quantitative estimate of drug-likeness (QED) is 0.673. The van der Waals surface area contributed by atoms with Gasteiger partial charge in [-0.2, -0.15) is 4.31 Å². The summed E-state index contributed by atoms with van der Waals surface area (Å²) >= 11 is 0. The van der Waals surface area contributed by atoms with Gasteiger partial charge in [0.05, 0.1) is 19.0 Å². The molecule has 0 aromatic rings. The highest BCUT2D eigenvalue weighted by Crippen LogP contribution is 2.06. The van der Waals surface area contributed by atoms with Gasteiger partial charge in [-0.05, 0) is 0 Å². The zero-order valence-corrected chi connectivity index (χ0v) is 10.9. The van der Waals surface area contributed by atoms with E-state index in [1.165, 1.54) is 0 Å². The third-order valence-corrected chi connectivity index (χ3v) is 5.09. The number of nitrogens with one attached hydrogen (secondary N) is 1. The van der Waals surface area contributed by atoms with E-state index >= 15 is 0 Å². The number of hydrogen-bond donors (Lipinski definition) is 1. The third-order valence-electron chi connectivity index (χ3n) is 3.24. The van der Waals surface area contributed by atoms with Crippen molar-refractivity contribution in [3.05, 3.63) is 0 Å². The molecule has 2 heterocycles. The van der Waals surface area contributed by atoms with E-state index in [4.69, 9.17) is 4.74 Å². The van der Waals surface area contributed by atoms with Crippen molar-refractivity contribution in [2.24, 2.45) is 0 Å². The fourth-order valence-electron chi connectivity index (χ4n) is 2.13. The van der Waals surface area contributed by atoms with Crippen molar-refractivity contribution in [1.82, 2.24) is 14.5 Å². The van der Waals surface area contributed by atoms with Gasteiger partial charge < -0.3 is 10.1 Å². The lowest BCUT2D eigenvalue weighted by molar-refractivity contribution is 0.0729. The molecular formula is C10H21N3O3S. The molecule has 0 bridgehead atoms. The van der Waals surface area contributed by atoms with Crippen molar-refractivity contribution in [2.75, 3.05) is 64.8 Å². The Kier molecular flexibility index (Phi) is 4.75. The monoisotopic (exact) mass is 263 g/mol. The van der Waals surface area contributed by atoms with Gasteiger partial charge in [0, 0.05) is 45.8 Å². The molecule has 0 aromatic heterocycles. The fraction of sp³-hybridized carbons (Fsp3) is 1.00. The van der Waals surface area contributed by atoms with Gasteiger partial charge in [-0.25, -0.2) is 8.42 Å². The first-order valence-electron chi connectivity index (χ1n) is 6.17. The molecule has 100 valence electrons. The minimum atomic E-state index is -3.09. The Morgan fingerprint density at radius 2 is 1.71 bits per heavy atom. The summed E-state index contributed by atoms with van der Waals surface area (Å²) < 4.78 is 30.8. The van der Waals surface area contributed by atoms with Crippen LogP contribution in [0.25, 0.3) is 0 Å². The highest BCUT2D eigenvalue weighted by molar-refractivity contribution is 7.89. The van der Waals surface area contributed by atoms with Crippen molar-refractivity contribution in [1.29, 1.82) is 0 Å². The molecule has 2 aliphatic heterocycles. The van der Waals surface area contributed by atoms with Crippen LogP contribution in [0.2, 0.25) is 0 Å². The minimum Gasteiger partial charge on any atom is -0.379 e. The molecule has 0 aromatic carbocycles. The Hall–Kier alpha value is -0.210. The Morgan fingerprint density at radius 3 is 2.35 bits per heavy atom. The van der Waals surface area contributed by atoms with Crippen molar-refractivity contribution in [2.45, 2.75) is 0 Å². The Balaban J connectivity index is 1.79. The van der Waals surface area contributed by atoms with Crippen molar-refractivity contribution >= 4 is 10.0 Å². The van der Waals surface area contributed by atoms with E-state index in [-0.39, 0.29) is 5.75 Å². The van der Waals surface area contributed by atoms with E-state index in [0.29, 0.717) is 32.8 Å². The SMILES string of the molecule is O=S(=O)(CCN1CCNCC1)N1CCOCC1. The maximum Gasteiger partial charge on any atom is 0.215 e. The van der Waals surface area contributed by atoms with Crippen LogP contribution in [-0.2, 0) is 14.8 Å². The second-order valence-electron chi connectivity index (χ2n) is 4.42. The molecule has 2 aliphatic rings. The highest BCUT2D eigenvalue weighted by Gasteiger charge is 2.24. The molecule has 2 fully saturated rings. The lowest BCUT2D eigenvalue weighted by Crippen LogP contribution is -2.47. The molecular weight excluding hydrogens is 242 g/mol. The van der Waals surface area contributed by atoms with Gasteiger partial charge in [0.15, 0.2) is 0 Å². The lowest BCUT2D eigenvalue weighted by Gasteiger charge is -2.29. The van der Waals surface area contributed by atoms with E-state index < -0.39 is 10.0 Å². The largest absolute Gasteiger partial charge is 0.379 e. The average Bonchev–Trinajstić information content (AvgIpc) is 2.39. The summed E-state index contributed by atoms with van der Waals surface area (Å²) in [4.78, 5) is 2.20. The molecule has 0 atom stereocenters. The number of rotatable bonds is 4. The molecule has 0 amide bonds. The van der Waals surface area contributed by atoms with Gasteiger partial charge in [0.1, 0.15) is 0 Å². The Bertz CT molecular complexity index is 322. The summed E-state index contributed by atoms with van der Waals surface area (Å²) in [5, 5.41) is 3.26. The Morgan fingerprint density at radius 1 is 1.06 bits per heavy atom. The van der Waals surface area contributed by atoms with Crippen molar-refractivity contribution < 1.29 is 13.2 Å². The van der Waals surface area contributed by atoms with Crippen molar-refractivity contribution in [3.8, 4) is 0 Å². The van der Waals surface area contributed by atoms with Crippen molar-refractivity contribution in [3.63, 3.8) is 0 Å². The van der Waals surface area contributed by atoms with Crippen LogP contribution in [0, 0.1) is 0 Å². The number of sulfonamides is 1. The predicted octanol–water partition coefficient (Wildman–Crippen LogP) is -1.45. The summed E-state index contributed by atoms with van der Waals surface area (Å²) in [6, 6.07) is 0. The second-order valence-corrected chi connectivity index (χ2v) is 6.51. The number of hydrogen-bond acceptors (Lipinski definition) is 5. The summed E-state index contributed by atoms with van der Waals surface area (Å²) in [5.41, 5.74) is 0. The van der Waals surface area contributed by atoms with E-state index in [9.17, 15) is 8.42 Å². The van der Waals surface area contributed by atoms with Gasteiger partial charge in [-0.1, -0.05) is 0 Å². The van der Waals surface area contributed by atoms with Crippen LogP contribution in [0.15, 0.2) is 0 Å². The zero-order valence-electron chi connectivity index (χ0n) is 10.1. The maximum absolute atomic E-state index is 12.1. The molecule has 0 saturated carbocycles. The van der Waals surface area contributed by atoms with E-state index in [1.54, 1.807) is 4.31 Å². The van der Waals surface area contributed by atoms with Crippen LogP contribution >= 0.6 is 0 Å². The summed E-state index contributed by atoms with van der Waals surface area (Å²) in [6.07, 6.45) is 0. The predicted molar refractivity (Wildman–Crippen MR) is 65.5 cm³/mol. The van der Waals surface area contributed by atoms with Gasteiger partial charge in [-0.15, -0.1) is 0 Å². The van der Waals surface area contributed by atoms with Gasteiger partial charge in [-0.3, -0.25) is 4.90 Å². The average molecular weight is 263 g/mol. The van der Waals surface area contributed by atoms with Gasteiger partial charge in [0.25, 0.3) is 0 Å². The van der Waals surface area contributed by atoms with Gasteiger partial charge >= 0.3 is 0 Å². The number of nitrogens with zero attached hydrogens (tertiary/aromatic N) is 2.